The first-order valence-electron chi connectivity index (χ1n) is 8.14. The van der Waals surface area contributed by atoms with Crippen LogP contribution in [0, 0.1) is 0 Å². The van der Waals surface area contributed by atoms with E-state index in [1.807, 2.05) is 24.3 Å². The Morgan fingerprint density at radius 1 is 1.15 bits per heavy atom. The molecule has 2 aromatic carbocycles. The van der Waals surface area contributed by atoms with E-state index in [2.05, 4.69) is 15.0 Å². The van der Waals surface area contributed by atoms with Crippen LogP contribution in [0.25, 0.3) is 16.3 Å². The molecule has 3 rings (SSSR count). The van der Waals surface area contributed by atoms with Gasteiger partial charge < -0.3 is 10.1 Å². The number of fused-ring (bicyclic) bond motifs is 1. The average Bonchev–Trinajstić information content (AvgIpc) is 3.09. The lowest BCUT2D eigenvalue weighted by Crippen LogP contribution is -2.23. The first-order valence-corrected chi connectivity index (χ1v) is 8.96. The molecule has 1 N–H and O–H groups in total. The Morgan fingerprint density at radius 3 is 2.65 bits per heavy atom. The van der Waals surface area contributed by atoms with Crippen molar-refractivity contribution >= 4 is 39.5 Å². The number of nitrogens with zero attached hydrogens (tertiary/aromatic N) is 1. The van der Waals surface area contributed by atoms with Gasteiger partial charge in [-0.25, -0.2) is 9.78 Å². The molecule has 0 bridgehead atoms. The molecule has 0 radical (unpaired) electrons. The number of aromatic nitrogens is 1. The van der Waals surface area contributed by atoms with Crippen molar-refractivity contribution in [3.63, 3.8) is 0 Å². The maximum atomic E-state index is 11.9. The fourth-order valence-corrected chi connectivity index (χ4v) is 3.37. The van der Waals surface area contributed by atoms with Gasteiger partial charge in [-0.3, -0.25) is 4.79 Å². The van der Waals surface area contributed by atoms with Gasteiger partial charge in [0.15, 0.2) is 0 Å². The Hall–Kier alpha value is -2.99. The number of para-hydroxylation sites is 1. The first-order chi connectivity index (χ1) is 12.7. The zero-order valence-corrected chi connectivity index (χ0v) is 15.1. The number of thiazole rings is 1. The molecule has 0 fully saturated rings. The number of hydrogen-bond acceptors (Lipinski definition) is 5. The number of nitrogens with one attached hydrogen (secondary N) is 1. The molecule has 0 aliphatic rings. The molecule has 1 aromatic heterocycles. The van der Waals surface area contributed by atoms with Crippen molar-refractivity contribution in [2.24, 2.45) is 0 Å². The summed E-state index contributed by atoms with van der Waals surface area (Å²) in [4.78, 5) is 27.8. The average molecular weight is 366 g/mol. The van der Waals surface area contributed by atoms with Gasteiger partial charge in [-0.1, -0.05) is 24.3 Å². The van der Waals surface area contributed by atoms with Crippen LogP contribution >= 0.6 is 11.3 Å². The SMILES string of the molecule is COC(=O)c1ccc(/C=C/C(=O)NCCc2nc3ccccc3s2)cc1. The van der Waals surface area contributed by atoms with Crippen LogP contribution in [0.4, 0.5) is 0 Å². The molecular formula is C20H18N2O3S. The smallest absolute Gasteiger partial charge is 0.337 e. The third-order valence-electron chi connectivity index (χ3n) is 3.74. The Bertz CT molecular complexity index is 912. The largest absolute Gasteiger partial charge is 0.465 e. The summed E-state index contributed by atoms with van der Waals surface area (Å²) in [6.07, 6.45) is 3.88. The third kappa shape index (κ3) is 4.55. The van der Waals surface area contributed by atoms with Crippen molar-refractivity contribution in [3.05, 3.63) is 70.7 Å². The predicted molar refractivity (Wildman–Crippen MR) is 103 cm³/mol. The van der Waals surface area contributed by atoms with E-state index in [4.69, 9.17) is 0 Å². The number of rotatable bonds is 6. The first kappa shape index (κ1) is 17.8. The lowest BCUT2D eigenvalue weighted by molar-refractivity contribution is -0.116. The van der Waals surface area contributed by atoms with Crippen molar-refractivity contribution < 1.29 is 14.3 Å². The second kappa shape index (κ2) is 8.40. The number of amides is 1. The molecule has 5 nitrogen and oxygen atoms in total. The van der Waals surface area contributed by atoms with E-state index in [0.29, 0.717) is 18.5 Å². The van der Waals surface area contributed by atoms with E-state index in [1.54, 1.807) is 41.7 Å². The number of esters is 1. The van der Waals surface area contributed by atoms with Gasteiger partial charge in [-0.05, 0) is 35.9 Å². The topological polar surface area (TPSA) is 68.3 Å². The summed E-state index contributed by atoms with van der Waals surface area (Å²) in [5, 5.41) is 3.86. The van der Waals surface area contributed by atoms with Gasteiger partial charge in [0.25, 0.3) is 0 Å². The van der Waals surface area contributed by atoms with Crippen molar-refractivity contribution in [2.45, 2.75) is 6.42 Å². The molecule has 0 saturated heterocycles. The van der Waals surface area contributed by atoms with Crippen LogP contribution in [-0.4, -0.2) is 30.5 Å². The van der Waals surface area contributed by atoms with Crippen LogP contribution in [0.2, 0.25) is 0 Å². The Balaban J connectivity index is 1.49. The van der Waals surface area contributed by atoms with E-state index in [1.165, 1.54) is 13.2 Å². The maximum Gasteiger partial charge on any atom is 0.337 e. The number of benzene rings is 2. The molecular weight excluding hydrogens is 348 g/mol. The highest BCUT2D eigenvalue weighted by molar-refractivity contribution is 7.18. The molecule has 1 heterocycles. The van der Waals surface area contributed by atoms with E-state index in [9.17, 15) is 9.59 Å². The van der Waals surface area contributed by atoms with E-state index >= 15 is 0 Å². The van der Waals surface area contributed by atoms with Crippen molar-refractivity contribution in [1.82, 2.24) is 10.3 Å². The van der Waals surface area contributed by atoms with Gasteiger partial charge in [0.1, 0.15) is 0 Å². The number of methoxy groups -OCH3 is 1. The van der Waals surface area contributed by atoms with Crippen LogP contribution < -0.4 is 5.32 Å². The fourth-order valence-electron chi connectivity index (χ4n) is 2.40. The number of hydrogen-bond donors (Lipinski definition) is 1. The molecule has 26 heavy (non-hydrogen) atoms. The molecule has 0 atom stereocenters. The van der Waals surface area contributed by atoms with E-state index in [0.717, 1.165) is 20.8 Å². The highest BCUT2D eigenvalue weighted by atomic mass is 32.1. The molecule has 0 saturated carbocycles. The summed E-state index contributed by atoms with van der Waals surface area (Å²) in [6, 6.07) is 14.8. The number of ether oxygens (including phenoxy) is 1. The van der Waals surface area contributed by atoms with Gasteiger partial charge in [-0.2, -0.15) is 0 Å². The minimum absolute atomic E-state index is 0.164. The standard InChI is InChI=1S/C20H18N2O3S/c1-25-20(24)15-9-6-14(7-10-15)8-11-18(23)21-13-12-19-22-16-4-2-3-5-17(16)26-19/h2-11H,12-13H2,1H3,(H,21,23)/b11-8+. The van der Waals surface area contributed by atoms with Crippen LogP contribution in [-0.2, 0) is 16.0 Å². The van der Waals surface area contributed by atoms with Gasteiger partial charge in [0.2, 0.25) is 5.91 Å². The quantitative estimate of drug-likeness (QED) is 0.536. The molecule has 0 unspecified atom stereocenters. The molecule has 0 spiro atoms. The molecule has 132 valence electrons. The number of carbonyl (C=O) groups excluding carboxylic acids is 2. The molecule has 0 aliphatic carbocycles. The second-order valence-electron chi connectivity index (χ2n) is 5.56. The van der Waals surface area contributed by atoms with Crippen molar-refractivity contribution in [3.8, 4) is 0 Å². The summed E-state index contributed by atoms with van der Waals surface area (Å²) in [5.74, 6) is -0.545. The normalized spacial score (nSPS) is 11.0. The Kier molecular flexibility index (Phi) is 5.76. The summed E-state index contributed by atoms with van der Waals surface area (Å²) in [5.41, 5.74) is 2.30. The van der Waals surface area contributed by atoms with Gasteiger partial charge in [0, 0.05) is 19.0 Å². The van der Waals surface area contributed by atoms with Crippen LogP contribution in [0.3, 0.4) is 0 Å². The third-order valence-corrected chi connectivity index (χ3v) is 4.83. The van der Waals surface area contributed by atoms with Crippen LogP contribution in [0.1, 0.15) is 20.9 Å². The molecule has 3 aromatic rings. The lowest BCUT2D eigenvalue weighted by atomic mass is 10.1. The van der Waals surface area contributed by atoms with Gasteiger partial charge in [0.05, 0.1) is 27.9 Å². The Morgan fingerprint density at radius 2 is 1.92 bits per heavy atom. The summed E-state index contributed by atoms with van der Waals surface area (Å²) in [7, 11) is 1.34. The van der Waals surface area contributed by atoms with Gasteiger partial charge >= 0.3 is 5.97 Å². The van der Waals surface area contributed by atoms with Gasteiger partial charge in [-0.15, -0.1) is 11.3 Å². The number of carbonyl (C=O) groups is 2. The lowest BCUT2D eigenvalue weighted by Gasteiger charge is -2.01. The molecule has 6 heteroatoms. The van der Waals surface area contributed by atoms with E-state index < -0.39 is 0 Å². The van der Waals surface area contributed by atoms with Crippen molar-refractivity contribution in [2.75, 3.05) is 13.7 Å². The Labute approximate surface area is 155 Å². The highest BCUT2D eigenvalue weighted by Gasteiger charge is 2.05. The molecule has 1 amide bonds. The van der Waals surface area contributed by atoms with E-state index in [-0.39, 0.29) is 11.9 Å². The fraction of sp³-hybridized carbons (Fsp3) is 0.150. The maximum absolute atomic E-state index is 11.9. The predicted octanol–water partition coefficient (Wildman–Crippen LogP) is 3.46. The molecule has 0 aliphatic heterocycles. The van der Waals surface area contributed by atoms with Crippen molar-refractivity contribution in [1.29, 1.82) is 0 Å². The summed E-state index contributed by atoms with van der Waals surface area (Å²) in [6.45, 7) is 0.532. The monoisotopic (exact) mass is 366 g/mol. The summed E-state index contributed by atoms with van der Waals surface area (Å²) >= 11 is 1.65. The zero-order chi connectivity index (χ0) is 18.4. The minimum Gasteiger partial charge on any atom is -0.465 e. The summed E-state index contributed by atoms with van der Waals surface area (Å²) < 4.78 is 5.81. The van der Waals surface area contributed by atoms with Crippen LogP contribution in [0.5, 0.6) is 0 Å². The highest BCUT2D eigenvalue weighted by Crippen LogP contribution is 2.21. The minimum atomic E-state index is -0.381. The second-order valence-corrected chi connectivity index (χ2v) is 6.68. The zero-order valence-electron chi connectivity index (χ0n) is 14.3. The van der Waals surface area contributed by atoms with Crippen LogP contribution in [0.15, 0.2) is 54.6 Å².